The maximum Gasteiger partial charge on any atom is 0.328 e. The van der Waals surface area contributed by atoms with Gasteiger partial charge >= 0.3 is 5.69 Å². The van der Waals surface area contributed by atoms with E-state index < -0.39 is 0 Å². The summed E-state index contributed by atoms with van der Waals surface area (Å²) in [7, 11) is 7.04. The number of nitrogens with one attached hydrogen (secondary N) is 1. The van der Waals surface area contributed by atoms with Crippen molar-refractivity contribution >= 4 is 28.0 Å². The van der Waals surface area contributed by atoms with Crippen LogP contribution in [-0.2, 0) is 21.1 Å². The number of amides is 1. The number of carbonyl (C=O) groups is 1. The second-order valence-electron chi connectivity index (χ2n) is 7.52. The monoisotopic (exact) mass is 415 g/mol. The number of hydrogen-bond donors (Lipinski definition) is 1. The number of rotatable bonds is 3. The number of imidazole rings is 3. The fraction of sp³-hybridized carbons (Fsp3) is 0.182. The minimum absolute atomic E-state index is 0.0790. The fourth-order valence-corrected chi connectivity index (χ4v) is 4.01. The van der Waals surface area contributed by atoms with E-state index >= 15 is 0 Å². The minimum atomic E-state index is -0.167. The Labute approximate surface area is 177 Å². The van der Waals surface area contributed by atoms with Gasteiger partial charge in [-0.05, 0) is 36.4 Å². The van der Waals surface area contributed by atoms with Crippen molar-refractivity contribution < 1.29 is 4.79 Å². The van der Waals surface area contributed by atoms with Gasteiger partial charge in [0, 0.05) is 39.4 Å². The summed E-state index contributed by atoms with van der Waals surface area (Å²) in [5, 5.41) is 2.65. The van der Waals surface area contributed by atoms with E-state index in [1.54, 1.807) is 54.9 Å². The Hall–Kier alpha value is -4.14. The predicted molar refractivity (Wildman–Crippen MR) is 118 cm³/mol. The van der Waals surface area contributed by atoms with Crippen LogP contribution in [0.25, 0.3) is 39.3 Å². The van der Waals surface area contributed by atoms with E-state index in [1.807, 2.05) is 40.4 Å². The molecule has 0 aliphatic rings. The summed E-state index contributed by atoms with van der Waals surface area (Å²) in [6.45, 7) is 0. The zero-order chi connectivity index (χ0) is 21.9. The van der Waals surface area contributed by atoms with Crippen LogP contribution < -0.4 is 11.0 Å². The Morgan fingerprint density at radius 3 is 2.42 bits per heavy atom. The van der Waals surface area contributed by atoms with Gasteiger partial charge in [-0.1, -0.05) is 0 Å². The lowest BCUT2D eigenvalue weighted by molar-refractivity contribution is 0.0963. The van der Waals surface area contributed by atoms with Crippen LogP contribution >= 0.6 is 0 Å². The molecule has 1 amide bonds. The lowest BCUT2D eigenvalue weighted by Crippen LogP contribution is -2.19. The molecule has 0 aliphatic carbocycles. The topological polar surface area (TPSA) is 91.7 Å². The Morgan fingerprint density at radius 1 is 0.968 bits per heavy atom. The van der Waals surface area contributed by atoms with E-state index in [1.165, 1.54) is 0 Å². The maximum absolute atomic E-state index is 12.4. The second kappa shape index (κ2) is 6.69. The first-order chi connectivity index (χ1) is 14.9. The first kappa shape index (κ1) is 18.9. The molecule has 0 bridgehead atoms. The quantitative estimate of drug-likeness (QED) is 0.488. The Bertz CT molecular complexity index is 1550. The predicted octanol–water partition coefficient (Wildman–Crippen LogP) is 1.98. The molecule has 31 heavy (non-hydrogen) atoms. The van der Waals surface area contributed by atoms with Gasteiger partial charge in [0.15, 0.2) is 5.82 Å². The highest BCUT2D eigenvalue weighted by Gasteiger charge is 2.19. The highest BCUT2D eigenvalue weighted by molar-refractivity contribution is 5.98. The van der Waals surface area contributed by atoms with Crippen molar-refractivity contribution in [2.75, 3.05) is 7.05 Å². The summed E-state index contributed by atoms with van der Waals surface area (Å²) < 4.78 is 7.18. The minimum Gasteiger partial charge on any atom is -0.355 e. The average Bonchev–Trinajstić information content (AvgIpc) is 3.43. The van der Waals surface area contributed by atoms with Gasteiger partial charge in [-0.25, -0.2) is 14.8 Å². The fourth-order valence-electron chi connectivity index (χ4n) is 4.01. The van der Waals surface area contributed by atoms with Crippen molar-refractivity contribution in [3.63, 3.8) is 0 Å². The van der Waals surface area contributed by atoms with Gasteiger partial charge in [0.25, 0.3) is 5.91 Å². The summed E-state index contributed by atoms with van der Waals surface area (Å²) in [5.74, 6) is 0.531. The van der Waals surface area contributed by atoms with Gasteiger partial charge in [0.1, 0.15) is 5.69 Å². The number of carbonyl (C=O) groups excluding carboxylic acids is 1. The zero-order valence-electron chi connectivity index (χ0n) is 17.6. The van der Waals surface area contributed by atoms with Crippen LogP contribution in [0.4, 0.5) is 0 Å². The standard InChI is InChI=1S/C22H21N7O2/c1-23-21(30)13-5-7-16-15(9-13)25-20(19-11-24-12-26(19)2)29(16)14-6-8-17-18(10-14)28(4)22(31)27(17)3/h5-12H,1-4H3,(H,23,30). The van der Waals surface area contributed by atoms with Crippen molar-refractivity contribution in [1.29, 1.82) is 0 Å². The molecule has 3 aromatic heterocycles. The van der Waals surface area contributed by atoms with E-state index in [0.29, 0.717) is 16.9 Å². The van der Waals surface area contributed by atoms with Crippen molar-refractivity contribution in [2.24, 2.45) is 21.1 Å². The smallest absolute Gasteiger partial charge is 0.328 e. The Kier molecular flexibility index (Phi) is 4.07. The molecule has 0 aliphatic heterocycles. The van der Waals surface area contributed by atoms with Gasteiger partial charge in [-0.2, -0.15) is 0 Å². The molecule has 0 unspecified atom stereocenters. The molecule has 0 atom stereocenters. The van der Waals surface area contributed by atoms with Crippen LogP contribution in [-0.4, -0.2) is 41.2 Å². The van der Waals surface area contributed by atoms with E-state index in [-0.39, 0.29) is 11.6 Å². The summed E-state index contributed by atoms with van der Waals surface area (Å²) in [6.07, 6.45) is 3.48. The third-order valence-electron chi connectivity index (χ3n) is 5.70. The number of benzene rings is 2. The molecule has 5 aromatic rings. The van der Waals surface area contributed by atoms with Crippen LogP contribution in [0.15, 0.2) is 53.7 Å². The Morgan fingerprint density at radius 2 is 1.71 bits per heavy atom. The molecule has 0 fully saturated rings. The highest BCUT2D eigenvalue weighted by Crippen LogP contribution is 2.30. The van der Waals surface area contributed by atoms with Crippen molar-refractivity contribution in [1.82, 2.24) is 33.6 Å². The number of nitrogens with zero attached hydrogens (tertiary/aromatic N) is 6. The molecule has 9 heteroatoms. The first-order valence-electron chi connectivity index (χ1n) is 9.78. The number of aromatic nitrogens is 6. The molecule has 0 spiro atoms. The van der Waals surface area contributed by atoms with Gasteiger partial charge in [-0.3, -0.25) is 18.5 Å². The van der Waals surface area contributed by atoms with E-state index in [4.69, 9.17) is 4.98 Å². The van der Waals surface area contributed by atoms with Crippen LogP contribution in [0.3, 0.4) is 0 Å². The van der Waals surface area contributed by atoms with Crippen LogP contribution in [0.2, 0.25) is 0 Å². The van der Waals surface area contributed by atoms with Crippen molar-refractivity contribution in [3.8, 4) is 17.2 Å². The van der Waals surface area contributed by atoms with Gasteiger partial charge < -0.3 is 9.88 Å². The lowest BCUT2D eigenvalue weighted by Gasteiger charge is -2.11. The highest BCUT2D eigenvalue weighted by atomic mass is 16.2. The summed E-state index contributed by atoms with van der Waals surface area (Å²) >= 11 is 0. The molecule has 2 aromatic carbocycles. The molecule has 0 radical (unpaired) electrons. The van der Waals surface area contributed by atoms with Crippen LogP contribution in [0.5, 0.6) is 0 Å². The van der Waals surface area contributed by atoms with Crippen molar-refractivity contribution in [3.05, 3.63) is 65.0 Å². The summed E-state index contributed by atoms with van der Waals surface area (Å²) in [4.78, 5) is 33.6. The summed E-state index contributed by atoms with van der Waals surface area (Å²) in [5.41, 5.74) is 5.37. The largest absolute Gasteiger partial charge is 0.355 e. The van der Waals surface area contributed by atoms with Gasteiger partial charge in [0.2, 0.25) is 0 Å². The molecule has 1 N–H and O–H groups in total. The maximum atomic E-state index is 12.4. The SMILES string of the molecule is CNC(=O)c1ccc2c(c1)nc(-c1cncn1C)n2-c1ccc2c(c1)n(C)c(=O)n2C. The number of aryl methyl sites for hydroxylation is 3. The first-order valence-corrected chi connectivity index (χ1v) is 9.78. The third kappa shape index (κ3) is 2.70. The molecular formula is C22H21N7O2. The molecular weight excluding hydrogens is 394 g/mol. The number of hydrogen-bond acceptors (Lipinski definition) is 4. The van der Waals surface area contributed by atoms with Crippen LogP contribution in [0, 0.1) is 0 Å². The molecule has 0 saturated heterocycles. The summed E-state index contributed by atoms with van der Waals surface area (Å²) in [6, 6.07) is 11.3. The van der Waals surface area contributed by atoms with E-state index in [9.17, 15) is 9.59 Å². The van der Waals surface area contributed by atoms with Gasteiger partial charge in [-0.15, -0.1) is 0 Å². The van der Waals surface area contributed by atoms with E-state index in [0.717, 1.165) is 27.9 Å². The van der Waals surface area contributed by atoms with E-state index in [2.05, 4.69) is 10.3 Å². The molecule has 0 saturated carbocycles. The van der Waals surface area contributed by atoms with Crippen LogP contribution in [0.1, 0.15) is 10.4 Å². The second-order valence-corrected chi connectivity index (χ2v) is 7.52. The third-order valence-corrected chi connectivity index (χ3v) is 5.70. The molecule has 156 valence electrons. The lowest BCUT2D eigenvalue weighted by atomic mass is 10.2. The molecule has 9 nitrogen and oxygen atoms in total. The van der Waals surface area contributed by atoms with Gasteiger partial charge in [0.05, 0.1) is 34.6 Å². The molecule has 3 heterocycles. The van der Waals surface area contributed by atoms with Crippen molar-refractivity contribution in [2.45, 2.75) is 0 Å². The Balaban J connectivity index is 1.84. The average molecular weight is 415 g/mol. The zero-order valence-corrected chi connectivity index (χ0v) is 17.6. The molecule has 5 rings (SSSR count). The normalized spacial score (nSPS) is 11.5. The number of fused-ring (bicyclic) bond motifs is 2.